The Morgan fingerprint density at radius 2 is 0.480 bits per heavy atom. The second-order valence-corrected chi connectivity index (χ2v) is 19.5. The van der Waals surface area contributed by atoms with E-state index in [4.69, 9.17) is 14.2 Å². The summed E-state index contributed by atoms with van der Waals surface area (Å²) >= 11 is 0. The van der Waals surface area contributed by atoms with E-state index >= 15 is 0 Å². The Hall–Kier alpha value is -4.71. The van der Waals surface area contributed by atoms with Gasteiger partial charge >= 0.3 is 17.9 Å². The number of carbonyl (C=O) groups is 3. The van der Waals surface area contributed by atoms with Gasteiger partial charge in [-0.15, -0.1) is 0 Å². The summed E-state index contributed by atoms with van der Waals surface area (Å²) in [5.74, 6) is -0.950. The third kappa shape index (κ3) is 60.0. The lowest BCUT2D eigenvalue weighted by molar-refractivity contribution is -0.167. The first-order chi connectivity index (χ1) is 37.0. The van der Waals surface area contributed by atoms with Gasteiger partial charge in [0.1, 0.15) is 13.2 Å². The number of esters is 3. The van der Waals surface area contributed by atoms with Crippen LogP contribution in [0.2, 0.25) is 0 Å². The molecule has 0 aromatic rings. The molecule has 0 aliphatic carbocycles. The van der Waals surface area contributed by atoms with E-state index in [-0.39, 0.29) is 31.1 Å². The Labute approximate surface area is 461 Å². The highest BCUT2D eigenvalue weighted by molar-refractivity contribution is 5.71. The molecule has 0 aliphatic rings. The van der Waals surface area contributed by atoms with Gasteiger partial charge in [-0.05, 0) is 135 Å². The van der Waals surface area contributed by atoms with Gasteiger partial charge in [0.05, 0.1) is 0 Å². The predicted molar refractivity (Wildman–Crippen MR) is 325 cm³/mol. The van der Waals surface area contributed by atoms with E-state index in [1.165, 1.54) is 44.9 Å². The summed E-state index contributed by atoms with van der Waals surface area (Å²) in [4.78, 5) is 38.3. The van der Waals surface area contributed by atoms with Gasteiger partial charge in [-0.1, -0.05) is 244 Å². The van der Waals surface area contributed by atoms with Crippen molar-refractivity contribution in [3.63, 3.8) is 0 Å². The monoisotopic (exact) mass is 1030 g/mol. The van der Waals surface area contributed by atoms with Gasteiger partial charge in [0.2, 0.25) is 0 Å². The Bertz CT molecular complexity index is 1660. The van der Waals surface area contributed by atoms with Gasteiger partial charge in [-0.2, -0.15) is 0 Å². The molecule has 1 unspecified atom stereocenters. The molecule has 6 nitrogen and oxygen atoms in total. The summed E-state index contributed by atoms with van der Waals surface area (Å²) in [6.45, 7) is 6.26. The molecule has 0 bridgehead atoms. The molecule has 0 saturated heterocycles. The average molecular weight is 1040 g/mol. The molecular formula is C69H110O6. The first kappa shape index (κ1) is 70.3. The summed E-state index contributed by atoms with van der Waals surface area (Å²) < 4.78 is 16.9. The third-order valence-electron chi connectivity index (χ3n) is 12.3. The first-order valence-corrected chi connectivity index (χ1v) is 30.3. The van der Waals surface area contributed by atoms with Crippen LogP contribution < -0.4 is 0 Å². The number of allylic oxidation sites excluding steroid dienone is 24. The lowest BCUT2D eigenvalue weighted by Gasteiger charge is -2.18. The van der Waals surface area contributed by atoms with E-state index in [0.29, 0.717) is 19.3 Å². The predicted octanol–water partition coefficient (Wildman–Crippen LogP) is 20.8. The minimum atomic E-state index is -0.808. The van der Waals surface area contributed by atoms with E-state index < -0.39 is 6.10 Å². The maximum absolute atomic E-state index is 12.9. The van der Waals surface area contributed by atoms with Crippen molar-refractivity contribution in [2.24, 2.45) is 0 Å². The van der Waals surface area contributed by atoms with Gasteiger partial charge in [-0.25, -0.2) is 0 Å². The second kappa shape index (κ2) is 61.8. The molecular weight excluding hydrogens is 925 g/mol. The number of hydrogen-bond acceptors (Lipinski definition) is 6. The molecule has 6 heteroatoms. The average Bonchev–Trinajstić information content (AvgIpc) is 3.41. The van der Waals surface area contributed by atoms with Gasteiger partial charge in [0.15, 0.2) is 6.10 Å². The van der Waals surface area contributed by atoms with Crippen LogP contribution in [0.25, 0.3) is 0 Å². The smallest absolute Gasteiger partial charge is 0.306 e. The maximum atomic E-state index is 12.9. The first-order valence-electron chi connectivity index (χ1n) is 30.3. The number of hydrogen-bond donors (Lipinski definition) is 0. The molecule has 0 saturated carbocycles. The van der Waals surface area contributed by atoms with E-state index in [9.17, 15) is 14.4 Å². The van der Waals surface area contributed by atoms with Gasteiger partial charge in [0, 0.05) is 19.3 Å². The zero-order valence-corrected chi connectivity index (χ0v) is 48.3. The summed E-state index contributed by atoms with van der Waals surface area (Å²) in [6, 6.07) is 0. The highest BCUT2D eigenvalue weighted by atomic mass is 16.6. The molecule has 0 N–H and O–H groups in total. The van der Waals surface area contributed by atoms with Crippen LogP contribution >= 0.6 is 0 Å². The van der Waals surface area contributed by atoms with Crippen molar-refractivity contribution in [1.29, 1.82) is 0 Å². The highest BCUT2D eigenvalue weighted by Crippen LogP contribution is 2.14. The molecule has 0 amide bonds. The number of carbonyl (C=O) groups excluding carboxylic acids is 3. The molecule has 0 rings (SSSR count). The maximum Gasteiger partial charge on any atom is 0.306 e. The topological polar surface area (TPSA) is 78.9 Å². The van der Waals surface area contributed by atoms with E-state index in [1.54, 1.807) is 0 Å². The van der Waals surface area contributed by atoms with Crippen LogP contribution in [0.15, 0.2) is 146 Å². The molecule has 0 aromatic carbocycles. The van der Waals surface area contributed by atoms with Crippen molar-refractivity contribution in [2.75, 3.05) is 13.2 Å². The van der Waals surface area contributed by atoms with Crippen LogP contribution in [0, 0.1) is 0 Å². The zero-order chi connectivity index (χ0) is 54.3. The van der Waals surface area contributed by atoms with Crippen LogP contribution in [0.3, 0.4) is 0 Å². The molecule has 0 fully saturated rings. The molecule has 0 aliphatic heterocycles. The van der Waals surface area contributed by atoms with E-state index in [2.05, 4.69) is 167 Å². The Morgan fingerprint density at radius 1 is 0.267 bits per heavy atom. The van der Waals surface area contributed by atoms with Crippen molar-refractivity contribution >= 4 is 17.9 Å². The summed E-state index contributed by atoms with van der Waals surface area (Å²) in [7, 11) is 0. The summed E-state index contributed by atoms with van der Waals surface area (Å²) in [5.41, 5.74) is 0. The normalized spacial score (nSPS) is 13.2. The minimum absolute atomic E-state index is 0.102. The zero-order valence-electron chi connectivity index (χ0n) is 48.3. The molecule has 0 radical (unpaired) electrons. The number of rotatable bonds is 53. The van der Waals surface area contributed by atoms with Crippen molar-refractivity contribution in [3.8, 4) is 0 Å². The van der Waals surface area contributed by atoms with Crippen molar-refractivity contribution in [2.45, 2.75) is 258 Å². The third-order valence-corrected chi connectivity index (χ3v) is 12.3. The SMILES string of the molecule is CC/C=C\C/C=C\C/C=C\C/C=C\CCCCCCCCCCC(=O)OCC(COC(=O)CCCCCC/C=C\C/C=C\C/C=C\C/C=C\CC)OC(=O)CCCCCCCC/C=C\C/C=C\C/C=C\C/C=C\CC. The Balaban J connectivity index is 4.49. The molecule has 1 atom stereocenters. The second-order valence-electron chi connectivity index (χ2n) is 19.5. The molecule has 0 heterocycles. The lowest BCUT2D eigenvalue weighted by atomic mass is 10.1. The number of unbranched alkanes of at least 4 members (excludes halogenated alkanes) is 18. The number of ether oxygens (including phenoxy) is 3. The fourth-order valence-electron chi connectivity index (χ4n) is 7.89. The molecule has 0 spiro atoms. The van der Waals surface area contributed by atoms with Gasteiger partial charge in [-0.3, -0.25) is 14.4 Å². The van der Waals surface area contributed by atoms with Crippen molar-refractivity contribution in [1.82, 2.24) is 0 Å². The fraction of sp³-hybridized carbons (Fsp3) is 0.609. The molecule has 75 heavy (non-hydrogen) atoms. The van der Waals surface area contributed by atoms with Gasteiger partial charge < -0.3 is 14.2 Å². The standard InChI is InChI=1S/C69H110O6/c1-4-7-10-13-16-19-22-25-28-31-33-34-36-38-41-44-47-50-53-56-59-62-68(71)74-65-66(64-73-67(70)61-58-55-52-49-46-43-40-37-30-27-24-21-18-15-12-9-6-3)75-69(72)63-60-57-54-51-48-45-42-39-35-32-29-26-23-20-17-14-11-8-5-2/h7-12,16-21,25-30,33-35,39-40,43,66H,4-6,13-15,22-24,31-32,36-38,41-42,44-65H2,1-3H3/b10-7-,11-8-,12-9-,19-16-,20-17-,21-18-,28-25-,29-26-,30-27-,34-33-,39-35-,43-40-. The highest BCUT2D eigenvalue weighted by Gasteiger charge is 2.19. The summed E-state index contributed by atoms with van der Waals surface area (Å²) in [6.07, 6.45) is 88.3. The molecule has 0 aromatic heterocycles. The van der Waals surface area contributed by atoms with E-state index in [0.717, 1.165) is 167 Å². The lowest BCUT2D eigenvalue weighted by Crippen LogP contribution is -2.30. The minimum Gasteiger partial charge on any atom is -0.462 e. The van der Waals surface area contributed by atoms with E-state index in [1.807, 2.05) is 0 Å². The Kier molecular flexibility index (Phi) is 58.0. The largest absolute Gasteiger partial charge is 0.462 e. The van der Waals surface area contributed by atoms with Crippen LogP contribution in [-0.4, -0.2) is 37.2 Å². The van der Waals surface area contributed by atoms with Crippen LogP contribution in [0.1, 0.15) is 252 Å². The Morgan fingerprint density at radius 3 is 0.747 bits per heavy atom. The van der Waals surface area contributed by atoms with Gasteiger partial charge in [0.25, 0.3) is 0 Å². The van der Waals surface area contributed by atoms with Crippen LogP contribution in [-0.2, 0) is 28.6 Å². The molecule has 422 valence electrons. The fourth-order valence-corrected chi connectivity index (χ4v) is 7.89. The van der Waals surface area contributed by atoms with Crippen molar-refractivity contribution in [3.05, 3.63) is 146 Å². The summed E-state index contributed by atoms with van der Waals surface area (Å²) in [5, 5.41) is 0. The van der Waals surface area contributed by atoms with Crippen LogP contribution in [0.5, 0.6) is 0 Å². The quantitative estimate of drug-likeness (QED) is 0.0261. The van der Waals surface area contributed by atoms with Crippen LogP contribution in [0.4, 0.5) is 0 Å². The van der Waals surface area contributed by atoms with Crippen molar-refractivity contribution < 1.29 is 28.6 Å².